The first kappa shape index (κ1) is 22.9. The number of anilines is 2. The second kappa shape index (κ2) is 9.75. The highest BCUT2D eigenvalue weighted by atomic mass is 32.1. The molecule has 0 spiro atoms. The van der Waals surface area contributed by atoms with Gasteiger partial charge in [-0.3, -0.25) is 24.8 Å². The van der Waals surface area contributed by atoms with Gasteiger partial charge < -0.3 is 4.90 Å². The highest BCUT2D eigenvalue weighted by Gasteiger charge is 2.27. The minimum Gasteiger partial charge on any atom is -0.366 e. The van der Waals surface area contributed by atoms with E-state index in [4.69, 9.17) is 0 Å². The molecular formula is C25H22FN5O3S. The molecule has 1 saturated heterocycles. The molecule has 0 atom stereocenters. The Morgan fingerprint density at radius 2 is 1.94 bits per heavy atom. The Morgan fingerprint density at radius 1 is 1.11 bits per heavy atom. The van der Waals surface area contributed by atoms with Crippen LogP contribution >= 0.6 is 11.3 Å². The van der Waals surface area contributed by atoms with Gasteiger partial charge in [-0.05, 0) is 61.7 Å². The zero-order valence-electron chi connectivity index (χ0n) is 18.8. The third kappa shape index (κ3) is 4.83. The van der Waals surface area contributed by atoms with Crippen LogP contribution in [0, 0.1) is 15.9 Å². The maximum absolute atomic E-state index is 13.7. The van der Waals surface area contributed by atoms with Crippen molar-refractivity contribution in [1.29, 1.82) is 0 Å². The quantitative estimate of drug-likeness (QED) is 0.258. The molecule has 0 radical (unpaired) electrons. The number of piperidine rings is 1. The number of pyridine rings is 1. The van der Waals surface area contributed by atoms with Gasteiger partial charge in [0.2, 0.25) is 0 Å². The number of nitrogens with zero attached hydrogens (tertiary/aromatic N) is 5. The van der Waals surface area contributed by atoms with E-state index < -0.39 is 10.8 Å². The van der Waals surface area contributed by atoms with Gasteiger partial charge in [-0.1, -0.05) is 17.4 Å². The lowest BCUT2D eigenvalue weighted by molar-refractivity contribution is -0.384. The van der Waals surface area contributed by atoms with E-state index in [0.717, 1.165) is 32.4 Å². The summed E-state index contributed by atoms with van der Waals surface area (Å²) in [5.41, 5.74) is 1.81. The number of hydrogen-bond donors (Lipinski definition) is 0. The number of nitro groups is 1. The molecule has 0 N–H and O–H groups in total. The van der Waals surface area contributed by atoms with Gasteiger partial charge in [-0.2, -0.15) is 0 Å². The van der Waals surface area contributed by atoms with E-state index in [1.54, 1.807) is 36.5 Å². The molecule has 4 aromatic rings. The van der Waals surface area contributed by atoms with Crippen LogP contribution < -0.4 is 9.80 Å². The topological polar surface area (TPSA) is 92.5 Å². The van der Waals surface area contributed by atoms with E-state index in [2.05, 4.69) is 9.97 Å². The molecule has 8 nitrogen and oxygen atoms in total. The monoisotopic (exact) mass is 491 g/mol. The van der Waals surface area contributed by atoms with Crippen LogP contribution in [-0.2, 0) is 6.54 Å². The summed E-state index contributed by atoms with van der Waals surface area (Å²) in [6.07, 6.45) is 4.70. The van der Waals surface area contributed by atoms with Crippen LogP contribution in [0.25, 0.3) is 10.2 Å². The molecule has 0 unspecified atom stereocenters. The largest absolute Gasteiger partial charge is 0.366 e. The lowest BCUT2D eigenvalue weighted by atomic mass is 10.1. The van der Waals surface area contributed by atoms with Crippen LogP contribution in [0.3, 0.4) is 0 Å². The summed E-state index contributed by atoms with van der Waals surface area (Å²) in [6.45, 7) is 1.62. The first-order chi connectivity index (χ1) is 17.0. The Labute approximate surface area is 204 Å². The SMILES string of the molecule is O=C(c1ccc(N2CCCCC2)c([N+](=O)[O-])c1)N(Cc1ccccn1)c1nc2ccc(F)cc2s1. The summed E-state index contributed by atoms with van der Waals surface area (Å²) in [5.74, 6) is -0.831. The lowest BCUT2D eigenvalue weighted by Crippen LogP contribution is -2.32. The smallest absolute Gasteiger partial charge is 0.293 e. The highest BCUT2D eigenvalue weighted by molar-refractivity contribution is 7.22. The van der Waals surface area contributed by atoms with Crippen molar-refractivity contribution >= 4 is 44.0 Å². The van der Waals surface area contributed by atoms with Crippen LogP contribution in [0.5, 0.6) is 0 Å². The predicted molar refractivity (Wildman–Crippen MR) is 133 cm³/mol. The zero-order chi connectivity index (χ0) is 24.4. The Balaban J connectivity index is 1.54. The van der Waals surface area contributed by atoms with Gasteiger partial charge in [0.05, 0.1) is 27.4 Å². The van der Waals surface area contributed by atoms with Crippen LogP contribution in [0.15, 0.2) is 60.8 Å². The standard InChI is InChI=1S/C25H22FN5O3S/c26-18-8-9-20-23(15-18)35-25(28-20)30(16-19-6-2-3-11-27-19)24(32)17-7-10-21(22(14-17)31(33)34)29-12-4-1-5-13-29/h2-3,6-11,14-15H,1,4-5,12-13,16H2. The summed E-state index contributed by atoms with van der Waals surface area (Å²) >= 11 is 1.18. The number of hydrogen-bond acceptors (Lipinski definition) is 7. The average molecular weight is 492 g/mol. The molecule has 1 fully saturated rings. The molecule has 2 aromatic heterocycles. The van der Waals surface area contributed by atoms with Crippen molar-refractivity contribution in [3.05, 3.63) is 88.0 Å². The lowest BCUT2D eigenvalue weighted by Gasteiger charge is -2.28. The molecule has 1 amide bonds. The number of carbonyl (C=O) groups is 1. The van der Waals surface area contributed by atoms with Crippen molar-refractivity contribution in [2.24, 2.45) is 0 Å². The van der Waals surface area contributed by atoms with Gasteiger partial charge >= 0.3 is 0 Å². The van der Waals surface area contributed by atoms with E-state index in [1.165, 1.54) is 34.4 Å². The second-order valence-corrected chi connectivity index (χ2v) is 9.34. The highest BCUT2D eigenvalue weighted by Crippen LogP contribution is 2.34. The van der Waals surface area contributed by atoms with Crippen molar-refractivity contribution < 1.29 is 14.1 Å². The summed E-state index contributed by atoms with van der Waals surface area (Å²) in [7, 11) is 0. The molecule has 3 heterocycles. The van der Waals surface area contributed by atoms with Crippen molar-refractivity contribution in [2.75, 3.05) is 22.9 Å². The van der Waals surface area contributed by atoms with E-state index >= 15 is 0 Å². The number of nitro benzene ring substituents is 1. The maximum Gasteiger partial charge on any atom is 0.293 e. The summed E-state index contributed by atoms with van der Waals surface area (Å²) in [5, 5.41) is 12.3. The number of carbonyl (C=O) groups excluding carboxylic acids is 1. The summed E-state index contributed by atoms with van der Waals surface area (Å²) < 4.78 is 14.4. The van der Waals surface area contributed by atoms with E-state index in [1.807, 2.05) is 11.0 Å². The summed E-state index contributed by atoms with van der Waals surface area (Å²) in [4.78, 5) is 37.5. The minimum atomic E-state index is -0.441. The van der Waals surface area contributed by atoms with Crippen molar-refractivity contribution in [3.63, 3.8) is 0 Å². The number of thiazole rings is 1. The van der Waals surface area contributed by atoms with Crippen LogP contribution in [0.4, 0.5) is 20.9 Å². The Hall–Kier alpha value is -3.92. The molecule has 178 valence electrons. The number of aromatic nitrogens is 2. The number of halogens is 1. The van der Waals surface area contributed by atoms with Gasteiger partial charge in [0.15, 0.2) is 5.13 Å². The predicted octanol–water partition coefficient (Wildman–Crippen LogP) is 5.58. The van der Waals surface area contributed by atoms with E-state index in [-0.39, 0.29) is 23.6 Å². The van der Waals surface area contributed by atoms with Crippen molar-refractivity contribution in [2.45, 2.75) is 25.8 Å². The molecule has 0 saturated carbocycles. The first-order valence-corrected chi connectivity index (χ1v) is 12.1. The Bertz CT molecular complexity index is 1390. The Kier molecular flexibility index (Phi) is 6.37. The molecule has 5 rings (SSSR count). The normalized spacial score (nSPS) is 13.7. The molecule has 0 aliphatic carbocycles. The number of amides is 1. The number of benzene rings is 2. The molecule has 2 aromatic carbocycles. The molecule has 35 heavy (non-hydrogen) atoms. The molecule has 1 aliphatic rings. The van der Waals surface area contributed by atoms with Gasteiger partial charge in [-0.25, -0.2) is 9.37 Å². The van der Waals surface area contributed by atoms with Crippen molar-refractivity contribution in [3.8, 4) is 0 Å². The zero-order valence-corrected chi connectivity index (χ0v) is 19.6. The minimum absolute atomic E-state index is 0.0955. The third-order valence-corrected chi connectivity index (χ3v) is 7.02. The fourth-order valence-electron chi connectivity index (χ4n) is 4.24. The van der Waals surface area contributed by atoms with Crippen LogP contribution in [-0.4, -0.2) is 33.9 Å². The second-order valence-electron chi connectivity index (χ2n) is 8.33. The summed E-state index contributed by atoms with van der Waals surface area (Å²) in [6, 6.07) is 14.3. The van der Waals surface area contributed by atoms with Gasteiger partial charge in [0, 0.05) is 30.9 Å². The van der Waals surface area contributed by atoms with Gasteiger partial charge in [-0.15, -0.1) is 0 Å². The van der Waals surface area contributed by atoms with Gasteiger partial charge in [0.25, 0.3) is 11.6 Å². The molecule has 10 heteroatoms. The molecule has 0 bridgehead atoms. The average Bonchev–Trinajstić information content (AvgIpc) is 3.30. The molecule has 1 aliphatic heterocycles. The third-order valence-electron chi connectivity index (χ3n) is 5.98. The Morgan fingerprint density at radius 3 is 2.69 bits per heavy atom. The fourth-order valence-corrected chi connectivity index (χ4v) is 5.23. The maximum atomic E-state index is 13.7. The van der Waals surface area contributed by atoms with E-state index in [0.29, 0.717) is 26.7 Å². The number of fused-ring (bicyclic) bond motifs is 1. The number of rotatable bonds is 6. The van der Waals surface area contributed by atoms with Crippen molar-refractivity contribution in [1.82, 2.24) is 9.97 Å². The fraction of sp³-hybridized carbons (Fsp3) is 0.240. The van der Waals surface area contributed by atoms with Gasteiger partial charge in [0.1, 0.15) is 11.5 Å². The van der Waals surface area contributed by atoms with Crippen LogP contribution in [0.1, 0.15) is 35.3 Å². The van der Waals surface area contributed by atoms with E-state index in [9.17, 15) is 19.3 Å². The first-order valence-electron chi connectivity index (χ1n) is 11.3. The molecular weight excluding hydrogens is 469 g/mol. The van der Waals surface area contributed by atoms with Crippen LogP contribution in [0.2, 0.25) is 0 Å².